The summed E-state index contributed by atoms with van der Waals surface area (Å²) in [6.45, 7) is 3.76. The Morgan fingerprint density at radius 3 is 2.83 bits per heavy atom. The van der Waals surface area contributed by atoms with Crippen molar-refractivity contribution in [1.82, 2.24) is 19.3 Å². The number of sulfone groups is 1. The van der Waals surface area contributed by atoms with Gasteiger partial charge in [-0.1, -0.05) is 25.1 Å². The Morgan fingerprint density at radius 1 is 1.33 bits per heavy atom. The highest BCUT2D eigenvalue weighted by Crippen LogP contribution is 2.25. The van der Waals surface area contributed by atoms with Crippen molar-refractivity contribution >= 4 is 32.5 Å². The molecule has 3 aromatic rings. The second-order valence-corrected chi connectivity index (χ2v) is 9.80. The van der Waals surface area contributed by atoms with E-state index in [4.69, 9.17) is 0 Å². The van der Waals surface area contributed by atoms with Crippen LogP contribution in [0.5, 0.6) is 0 Å². The molecule has 0 bridgehead atoms. The molecule has 0 radical (unpaired) electrons. The molecule has 1 aliphatic rings. The number of aromatic nitrogens is 4. The Morgan fingerprint density at radius 2 is 2.13 bits per heavy atom. The van der Waals surface area contributed by atoms with Gasteiger partial charge in [0.05, 0.1) is 23.7 Å². The quantitative estimate of drug-likeness (QED) is 0.656. The van der Waals surface area contributed by atoms with Gasteiger partial charge in [0.1, 0.15) is 18.3 Å². The minimum Gasteiger partial charge on any atom is -0.324 e. The number of hydrogen-bond acceptors (Lipinski definition) is 6. The molecule has 10 heteroatoms. The van der Waals surface area contributed by atoms with E-state index in [2.05, 4.69) is 15.4 Å². The number of hydrogen-bond donors (Lipinski definition) is 1. The fourth-order valence-electron chi connectivity index (χ4n) is 3.85. The fraction of sp³-hybridized carbons (Fsp3) is 0.400. The lowest BCUT2D eigenvalue weighted by Gasteiger charge is -2.13. The van der Waals surface area contributed by atoms with Gasteiger partial charge in [0.15, 0.2) is 15.5 Å². The van der Waals surface area contributed by atoms with Crippen molar-refractivity contribution in [3.8, 4) is 0 Å². The Balaban J connectivity index is 1.58. The van der Waals surface area contributed by atoms with Crippen molar-refractivity contribution in [2.24, 2.45) is 0 Å². The lowest BCUT2D eigenvalue weighted by atomic mass is 10.1. The number of para-hydroxylation sites is 1. The van der Waals surface area contributed by atoms with Gasteiger partial charge < -0.3 is 5.32 Å². The lowest BCUT2D eigenvalue weighted by molar-refractivity contribution is -0.116. The van der Waals surface area contributed by atoms with E-state index < -0.39 is 9.84 Å². The van der Waals surface area contributed by atoms with E-state index in [1.165, 1.54) is 21.8 Å². The topological polar surface area (TPSA) is 116 Å². The van der Waals surface area contributed by atoms with Gasteiger partial charge in [-0.2, -0.15) is 5.10 Å². The fourth-order valence-corrected chi connectivity index (χ4v) is 5.54. The molecule has 9 nitrogen and oxygen atoms in total. The van der Waals surface area contributed by atoms with Gasteiger partial charge in [0, 0.05) is 5.69 Å². The molecule has 4 rings (SSSR count). The zero-order valence-corrected chi connectivity index (χ0v) is 17.6. The summed E-state index contributed by atoms with van der Waals surface area (Å²) in [6.07, 6.45) is 3.92. The molecule has 30 heavy (non-hydrogen) atoms. The van der Waals surface area contributed by atoms with Crippen LogP contribution in [-0.4, -0.2) is 45.2 Å². The molecule has 1 saturated heterocycles. The van der Waals surface area contributed by atoms with Crippen molar-refractivity contribution in [3.63, 3.8) is 0 Å². The summed E-state index contributed by atoms with van der Waals surface area (Å²) in [5.74, 6) is -0.223. The number of aryl methyl sites for hydroxylation is 2. The van der Waals surface area contributed by atoms with Gasteiger partial charge in [-0.3, -0.25) is 14.2 Å². The van der Waals surface area contributed by atoms with Crippen molar-refractivity contribution < 1.29 is 13.2 Å². The maximum atomic E-state index is 12.8. The summed E-state index contributed by atoms with van der Waals surface area (Å²) >= 11 is 0. The lowest BCUT2D eigenvalue weighted by Crippen LogP contribution is -2.28. The second-order valence-electron chi connectivity index (χ2n) is 7.57. The monoisotopic (exact) mass is 429 g/mol. The minimum absolute atomic E-state index is 0.00681. The molecule has 0 aliphatic carbocycles. The van der Waals surface area contributed by atoms with Crippen LogP contribution in [0.4, 0.5) is 5.69 Å². The predicted octanol–water partition coefficient (Wildman–Crippen LogP) is 1.46. The maximum Gasteiger partial charge on any atom is 0.264 e. The summed E-state index contributed by atoms with van der Waals surface area (Å²) < 4.78 is 26.3. The molecule has 3 heterocycles. The molecule has 1 fully saturated rings. The Hall–Kier alpha value is -3.01. The van der Waals surface area contributed by atoms with Crippen LogP contribution in [0.1, 0.15) is 30.5 Å². The standard InChI is InChI=1S/C20H23N5O4S/c1-3-14-6-4-5-13(2)18(14)23-17(26)10-24-12-21-19-16(20(24)27)9-22-25(19)15-7-8-30(28,29)11-15/h4-6,9,12,15H,3,7-8,10-11H2,1-2H3,(H,23,26). The zero-order valence-electron chi connectivity index (χ0n) is 16.8. The first-order valence-electron chi connectivity index (χ1n) is 9.80. The number of nitrogens with zero attached hydrogens (tertiary/aromatic N) is 4. The molecular weight excluding hydrogens is 406 g/mol. The first kappa shape index (κ1) is 20.3. The third-order valence-corrected chi connectivity index (χ3v) is 7.20. The van der Waals surface area contributed by atoms with Gasteiger partial charge in [0.25, 0.3) is 5.56 Å². The van der Waals surface area contributed by atoms with Crippen molar-refractivity contribution in [3.05, 3.63) is 52.2 Å². The van der Waals surface area contributed by atoms with Gasteiger partial charge in [-0.15, -0.1) is 0 Å². The van der Waals surface area contributed by atoms with Crippen LogP contribution in [0.2, 0.25) is 0 Å². The summed E-state index contributed by atoms with van der Waals surface area (Å²) in [7, 11) is -3.09. The molecular formula is C20H23N5O4S. The number of rotatable bonds is 5. The van der Waals surface area contributed by atoms with Crippen LogP contribution in [-0.2, 0) is 27.6 Å². The van der Waals surface area contributed by atoms with Crippen molar-refractivity contribution in [2.75, 3.05) is 16.8 Å². The molecule has 1 aromatic carbocycles. The van der Waals surface area contributed by atoms with E-state index >= 15 is 0 Å². The third-order valence-electron chi connectivity index (χ3n) is 5.45. The highest BCUT2D eigenvalue weighted by atomic mass is 32.2. The predicted molar refractivity (Wildman–Crippen MR) is 113 cm³/mol. The van der Waals surface area contributed by atoms with Crippen LogP contribution < -0.4 is 10.9 Å². The smallest absolute Gasteiger partial charge is 0.264 e. The van der Waals surface area contributed by atoms with E-state index in [0.717, 1.165) is 23.2 Å². The maximum absolute atomic E-state index is 12.8. The van der Waals surface area contributed by atoms with Gasteiger partial charge in [0.2, 0.25) is 5.91 Å². The average Bonchev–Trinajstić information content (AvgIpc) is 3.28. The number of carbonyl (C=O) groups is 1. The molecule has 0 saturated carbocycles. The first-order chi connectivity index (χ1) is 14.3. The minimum atomic E-state index is -3.09. The molecule has 158 valence electrons. The molecule has 2 aromatic heterocycles. The largest absolute Gasteiger partial charge is 0.324 e. The van der Waals surface area contributed by atoms with Gasteiger partial charge in [-0.05, 0) is 30.9 Å². The molecule has 1 unspecified atom stereocenters. The van der Waals surface area contributed by atoms with Crippen LogP contribution in [0, 0.1) is 6.92 Å². The Labute approximate surface area is 173 Å². The van der Waals surface area contributed by atoms with Gasteiger partial charge >= 0.3 is 0 Å². The second kappa shape index (κ2) is 7.67. The summed E-state index contributed by atoms with van der Waals surface area (Å²) in [5.41, 5.74) is 2.70. The number of amides is 1. The highest BCUT2D eigenvalue weighted by Gasteiger charge is 2.31. The summed E-state index contributed by atoms with van der Waals surface area (Å²) in [5, 5.41) is 7.36. The molecule has 0 spiro atoms. The SMILES string of the molecule is CCc1cccc(C)c1NC(=O)Cn1cnc2c(cnn2C2CCS(=O)(=O)C2)c1=O. The van der Waals surface area contributed by atoms with E-state index in [1.807, 2.05) is 32.0 Å². The number of nitrogens with one attached hydrogen (secondary N) is 1. The number of fused-ring (bicyclic) bond motifs is 1. The van der Waals surface area contributed by atoms with Crippen LogP contribution in [0.15, 0.2) is 35.5 Å². The van der Waals surface area contributed by atoms with Crippen LogP contribution >= 0.6 is 0 Å². The molecule has 1 aliphatic heterocycles. The molecule has 1 amide bonds. The van der Waals surface area contributed by atoms with Crippen LogP contribution in [0.25, 0.3) is 11.0 Å². The van der Waals surface area contributed by atoms with E-state index in [0.29, 0.717) is 12.1 Å². The van der Waals surface area contributed by atoms with Crippen molar-refractivity contribution in [1.29, 1.82) is 0 Å². The Bertz CT molecular complexity index is 1290. The average molecular weight is 430 g/mol. The van der Waals surface area contributed by atoms with Crippen molar-refractivity contribution in [2.45, 2.75) is 39.3 Å². The highest BCUT2D eigenvalue weighted by molar-refractivity contribution is 7.91. The summed E-state index contributed by atoms with van der Waals surface area (Å²) in [4.78, 5) is 29.7. The number of anilines is 1. The Kier molecular flexibility index (Phi) is 5.19. The summed E-state index contributed by atoms with van der Waals surface area (Å²) in [6, 6.07) is 5.50. The normalized spacial score (nSPS) is 18.0. The van der Waals surface area contributed by atoms with E-state index in [1.54, 1.807) is 0 Å². The van der Waals surface area contributed by atoms with Crippen LogP contribution in [0.3, 0.4) is 0 Å². The third kappa shape index (κ3) is 3.74. The van der Waals surface area contributed by atoms with E-state index in [9.17, 15) is 18.0 Å². The number of benzene rings is 1. The van der Waals surface area contributed by atoms with E-state index in [-0.39, 0.29) is 40.9 Å². The number of carbonyl (C=O) groups excluding carboxylic acids is 1. The molecule has 1 N–H and O–H groups in total. The van der Waals surface area contributed by atoms with Gasteiger partial charge in [-0.25, -0.2) is 18.1 Å². The first-order valence-corrected chi connectivity index (χ1v) is 11.6. The molecule has 1 atom stereocenters. The zero-order chi connectivity index (χ0) is 21.5.